The number of nitrogens with zero attached hydrogens (tertiary/aromatic N) is 3. The normalized spacial score (nSPS) is 19.6. The number of hydrogen-bond donors (Lipinski definition) is 1. The van der Waals surface area contributed by atoms with Gasteiger partial charge in [0.25, 0.3) is 0 Å². The Kier molecular flexibility index (Phi) is 2.83. The second kappa shape index (κ2) is 4.63. The lowest BCUT2D eigenvalue weighted by molar-refractivity contribution is 0.358. The van der Waals surface area contributed by atoms with Crippen molar-refractivity contribution < 1.29 is 4.52 Å². The maximum atomic E-state index is 5.27. The molecule has 0 aromatic carbocycles. The summed E-state index contributed by atoms with van der Waals surface area (Å²) in [5, 5.41) is 7.33. The van der Waals surface area contributed by atoms with E-state index in [1.54, 1.807) is 12.4 Å². The summed E-state index contributed by atoms with van der Waals surface area (Å²) in [5.41, 5.74) is 0.944. The molecule has 5 heteroatoms. The Balaban J connectivity index is 1.74. The van der Waals surface area contributed by atoms with Crippen LogP contribution >= 0.6 is 0 Å². The summed E-state index contributed by atoms with van der Waals surface area (Å²) in [6, 6.07) is 3.76. The third kappa shape index (κ3) is 2.34. The van der Waals surface area contributed by atoms with Gasteiger partial charge in [-0.15, -0.1) is 0 Å². The number of pyridine rings is 1. The first-order valence-electron chi connectivity index (χ1n) is 5.85. The molecule has 0 bridgehead atoms. The number of nitrogens with one attached hydrogen (secondary N) is 1. The molecule has 0 radical (unpaired) electrons. The third-order valence-electron chi connectivity index (χ3n) is 3.03. The van der Waals surface area contributed by atoms with Crippen molar-refractivity contribution in [3.8, 4) is 11.4 Å². The largest absolute Gasteiger partial charge is 0.339 e. The van der Waals surface area contributed by atoms with Crippen molar-refractivity contribution in [1.29, 1.82) is 0 Å². The lowest BCUT2D eigenvalue weighted by atomic mass is 10.1. The van der Waals surface area contributed by atoms with Crippen molar-refractivity contribution in [1.82, 2.24) is 20.4 Å². The summed E-state index contributed by atoms with van der Waals surface area (Å²) in [7, 11) is 0. The molecule has 2 aromatic heterocycles. The van der Waals surface area contributed by atoms with Crippen LogP contribution < -0.4 is 5.32 Å². The molecule has 2 aromatic rings. The molecule has 5 nitrogen and oxygen atoms in total. The Hall–Kier alpha value is -1.75. The SMILES string of the molecule is c1cc(-c2noc(C[C@@H]3CCNC3)n2)ccn1. The fourth-order valence-corrected chi connectivity index (χ4v) is 2.09. The number of aromatic nitrogens is 3. The average molecular weight is 230 g/mol. The van der Waals surface area contributed by atoms with Crippen LogP contribution in [0.5, 0.6) is 0 Å². The lowest BCUT2D eigenvalue weighted by Crippen LogP contribution is -2.10. The molecule has 1 fully saturated rings. The molecular formula is C12H14N4O. The van der Waals surface area contributed by atoms with Crippen LogP contribution in [-0.2, 0) is 6.42 Å². The highest BCUT2D eigenvalue weighted by Crippen LogP contribution is 2.18. The summed E-state index contributed by atoms with van der Waals surface area (Å²) in [6.07, 6.45) is 5.51. The first-order chi connectivity index (χ1) is 8.42. The zero-order chi connectivity index (χ0) is 11.5. The van der Waals surface area contributed by atoms with Crippen molar-refractivity contribution >= 4 is 0 Å². The third-order valence-corrected chi connectivity index (χ3v) is 3.03. The summed E-state index contributed by atoms with van der Waals surface area (Å²) in [5.74, 6) is 2.00. The van der Waals surface area contributed by atoms with Gasteiger partial charge in [-0.1, -0.05) is 5.16 Å². The molecule has 1 atom stereocenters. The zero-order valence-corrected chi connectivity index (χ0v) is 9.47. The monoisotopic (exact) mass is 230 g/mol. The first-order valence-corrected chi connectivity index (χ1v) is 5.85. The van der Waals surface area contributed by atoms with Crippen LogP contribution in [0.4, 0.5) is 0 Å². The predicted octanol–water partition coefficient (Wildman–Crippen LogP) is 1.28. The van der Waals surface area contributed by atoms with Gasteiger partial charge in [-0.05, 0) is 37.6 Å². The van der Waals surface area contributed by atoms with Crippen LogP contribution in [0.15, 0.2) is 29.0 Å². The molecule has 88 valence electrons. The van der Waals surface area contributed by atoms with Gasteiger partial charge in [0.05, 0.1) is 0 Å². The fourth-order valence-electron chi connectivity index (χ4n) is 2.09. The molecule has 1 saturated heterocycles. The Morgan fingerprint density at radius 3 is 3.00 bits per heavy atom. The van der Waals surface area contributed by atoms with E-state index in [0.717, 1.165) is 31.0 Å². The highest BCUT2D eigenvalue weighted by Gasteiger charge is 2.18. The van der Waals surface area contributed by atoms with E-state index in [0.29, 0.717) is 11.7 Å². The summed E-state index contributed by atoms with van der Waals surface area (Å²) in [6.45, 7) is 2.14. The summed E-state index contributed by atoms with van der Waals surface area (Å²) in [4.78, 5) is 8.38. The minimum atomic E-state index is 0.626. The molecule has 0 unspecified atom stereocenters. The molecule has 1 aliphatic rings. The molecule has 0 aliphatic carbocycles. The van der Waals surface area contributed by atoms with Crippen LogP contribution in [0.2, 0.25) is 0 Å². The minimum absolute atomic E-state index is 0.626. The molecule has 0 amide bonds. The average Bonchev–Trinajstić information content (AvgIpc) is 3.02. The van der Waals surface area contributed by atoms with E-state index in [9.17, 15) is 0 Å². The molecule has 17 heavy (non-hydrogen) atoms. The van der Waals surface area contributed by atoms with E-state index in [4.69, 9.17) is 4.52 Å². The van der Waals surface area contributed by atoms with E-state index in [-0.39, 0.29) is 0 Å². The molecule has 0 spiro atoms. The van der Waals surface area contributed by atoms with Gasteiger partial charge in [0, 0.05) is 24.4 Å². The van der Waals surface area contributed by atoms with Crippen LogP contribution in [-0.4, -0.2) is 28.2 Å². The molecule has 1 N–H and O–H groups in total. The van der Waals surface area contributed by atoms with E-state index in [1.807, 2.05) is 12.1 Å². The first kappa shape index (κ1) is 10.4. The summed E-state index contributed by atoms with van der Waals surface area (Å²) >= 11 is 0. The second-order valence-corrected chi connectivity index (χ2v) is 4.31. The Labute approximate surface area is 99.3 Å². The topological polar surface area (TPSA) is 63.8 Å². The molecule has 1 aliphatic heterocycles. The van der Waals surface area contributed by atoms with Crippen LogP contribution in [0.1, 0.15) is 12.3 Å². The highest BCUT2D eigenvalue weighted by atomic mass is 16.5. The standard InChI is InChI=1S/C12H14N4O/c1-4-14-8-9(1)7-11-15-12(16-17-11)10-2-5-13-6-3-10/h2-3,5-6,9,14H,1,4,7-8H2/t9-/m0/s1. The van der Waals surface area contributed by atoms with Crippen molar-refractivity contribution in [3.05, 3.63) is 30.4 Å². The summed E-state index contributed by atoms with van der Waals surface area (Å²) < 4.78 is 5.27. The second-order valence-electron chi connectivity index (χ2n) is 4.31. The molecule has 3 rings (SSSR count). The molecule has 3 heterocycles. The predicted molar refractivity (Wildman–Crippen MR) is 62.2 cm³/mol. The van der Waals surface area contributed by atoms with Gasteiger partial charge in [-0.3, -0.25) is 4.98 Å². The smallest absolute Gasteiger partial charge is 0.227 e. The van der Waals surface area contributed by atoms with Gasteiger partial charge >= 0.3 is 0 Å². The van der Waals surface area contributed by atoms with Gasteiger partial charge in [0.1, 0.15) is 0 Å². The van der Waals surface area contributed by atoms with Crippen LogP contribution in [0, 0.1) is 5.92 Å². The zero-order valence-electron chi connectivity index (χ0n) is 9.47. The van der Waals surface area contributed by atoms with E-state index < -0.39 is 0 Å². The van der Waals surface area contributed by atoms with Crippen molar-refractivity contribution in [2.75, 3.05) is 13.1 Å². The molecule has 0 saturated carbocycles. The van der Waals surface area contributed by atoms with Crippen LogP contribution in [0.25, 0.3) is 11.4 Å². The van der Waals surface area contributed by atoms with E-state index in [2.05, 4.69) is 20.4 Å². The number of hydrogen-bond acceptors (Lipinski definition) is 5. The highest BCUT2D eigenvalue weighted by molar-refractivity contribution is 5.52. The fraction of sp³-hybridized carbons (Fsp3) is 0.417. The quantitative estimate of drug-likeness (QED) is 0.860. The van der Waals surface area contributed by atoms with Crippen LogP contribution in [0.3, 0.4) is 0 Å². The Morgan fingerprint density at radius 2 is 2.24 bits per heavy atom. The van der Waals surface area contributed by atoms with Crippen molar-refractivity contribution in [2.24, 2.45) is 5.92 Å². The van der Waals surface area contributed by atoms with Gasteiger partial charge < -0.3 is 9.84 Å². The maximum absolute atomic E-state index is 5.27. The Bertz CT molecular complexity index is 476. The molecular weight excluding hydrogens is 216 g/mol. The van der Waals surface area contributed by atoms with Gasteiger partial charge in [0.15, 0.2) is 0 Å². The maximum Gasteiger partial charge on any atom is 0.227 e. The van der Waals surface area contributed by atoms with Gasteiger partial charge in [0.2, 0.25) is 11.7 Å². The number of rotatable bonds is 3. The van der Waals surface area contributed by atoms with E-state index >= 15 is 0 Å². The lowest BCUT2D eigenvalue weighted by Gasteiger charge is -2.01. The van der Waals surface area contributed by atoms with Crippen molar-refractivity contribution in [2.45, 2.75) is 12.8 Å². The Morgan fingerprint density at radius 1 is 1.35 bits per heavy atom. The van der Waals surface area contributed by atoms with Gasteiger partial charge in [-0.2, -0.15) is 4.98 Å². The van der Waals surface area contributed by atoms with E-state index in [1.165, 1.54) is 6.42 Å². The van der Waals surface area contributed by atoms with Gasteiger partial charge in [-0.25, -0.2) is 0 Å². The van der Waals surface area contributed by atoms with Crippen molar-refractivity contribution in [3.63, 3.8) is 0 Å². The minimum Gasteiger partial charge on any atom is -0.339 e.